The van der Waals surface area contributed by atoms with Gasteiger partial charge in [0, 0.05) is 22.7 Å². The van der Waals surface area contributed by atoms with Gasteiger partial charge in [-0.3, -0.25) is 14.2 Å². The third kappa shape index (κ3) is 5.00. The Labute approximate surface area is 194 Å². The van der Waals surface area contributed by atoms with Crippen LogP contribution in [0.4, 0.5) is 13.2 Å². The first-order chi connectivity index (χ1) is 15.5. The molecule has 0 bridgehead atoms. The summed E-state index contributed by atoms with van der Waals surface area (Å²) >= 11 is 6.30. The summed E-state index contributed by atoms with van der Waals surface area (Å²) in [5.41, 5.74) is 0.781. The predicted molar refractivity (Wildman–Crippen MR) is 121 cm³/mol. The van der Waals surface area contributed by atoms with Crippen molar-refractivity contribution in [3.63, 3.8) is 0 Å². The number of hydrogen-bond acceptors (Lipinski definition) is 3. The van der Waals surface area contributed by atoms with Crippen LogP contribution in [0.15, 0.2) is 36.4 Å². The van der Waals surface area contributed by atoms with Crippen LogP contribution in [-0.2, 0) is 17.4 Å². The zero-order chi connectivity index (χ0) is 24.5. The summed E-state index contributed by atoms with van der Waals surface area (Å²) in [5.74, 6) is -0.352. The minimum atomic E-state index is -4.50. The number of rotatable bonds is 6. The number of alkyl halides is 3. The van der Waals surface area contributed by atoms with Gasteiger partial charge in [0.1, 0.15) is 5.75 Å². The quantitative estimate of drug-likeness (QED) is 0.486. The lowest BCUT2D eigenvalue weighted by molar-refractivity contribution is -0.137. The van der Waals surface area contributed by atoms with Crippen molar-refractivity contribution in [3.8, 4) is 5.75 Å². The Hall–Kier alpha value is -3.00. The van der Waals surface area contributed by atoms with Gasteiger partial charge >= 0.3 is 6.18 Å². The Morgan fingerprint density at radius 2 is 1.82 bits per heavy atom. The summed E-state index contributed by atoms with van der Waals surface area (Å²) in [6.45, 7) is 5.54. The highest BCUT2D eigenvalue weighted by atomic mass is 35.5. The van der Waals surface area contributed by atoms with Gasteiger partial charge in [0.05, 0.1) is 29.6 Å². The lowest BCUT2D eigenvalue weighted by Gasteiger charge is -2.12. The second kappa shape index (κ2) is 9.47. The number of amides is 1. The molecule has 176 valence electrons. The van der Waals surface area contributed by atoms with Gasteiger partial charge in [0.25, 0.3) is 5.91 Å². The number of halogens is 4. The molecule has 0 saturated carbocycles. The summed E-state index contributed by atoms with van der Waals surface area (Å²) in [4.78, 5) is 25.9. The lowest BCUT2D eigenvalue weighted by atomic mass is 10.1. The normalized spacial score (nSPS) is 12.6. The van der Waals surface area contributed by atoms with E-state index < -0.39 is 17.6 Å². The Morgan fingerprint density at radius 1 is 1.18 bits per heavy atom. The molecule has 0 radical (unpaired) electrons. The van der Waals surface area contributed by atoms with Crippen LogP contribution < -0.4 is 10.1 Å². The molecule has 33 heavy (non-hydrogen) atoms. The second-order valence-electron chi connectivity index (χ2n) is 7.84. The van der Waals surface area contributed by atoms with Crippen molar-refractivity contribution in [1.82, 2.24) is 9.88 Å². The van der Waals surface area contributed by atoms with Crippen LogP contribution in [-0.4, -0.2) is 29.5 Å². The van der Waals surface area contributed by atoms with Crippen LogP contribution in [0, 0.1) is 6.92 Å². The first kappa shape index (κ1) is 24.6. The minimum absolute atomic E-state index is 0.0103. The van der Waals surface area contributed by atoms with E-state index in [0.29, 0.717) is 27.9 Å². The number of methoxy groups -OCH3 is 1. The van der Waals surface area contributed by atoms with Crippen LogP contribution in [0.2, 0.25) is 5.02 Å². The molecule has 0 aliphatic heterocycles. The highest BCUT2D eigenvalue weighted by Crippen LogP contribution is 2.36. The van der Waals surface area contributed by atoms with E-state index in [4.69, 9.17) is 16.3 Å². The molecule has 0 aliphatic carbocycles. The standard InChI is InChI=1S/C24H24ClF3N2O3/c1-5-13(2)29-22(31)11-17-14(3)30(20-12-19(25)21(33-4)10-18(17)20)23(32)15-6-8-16(9-7-15)24(26,27)28/h6-10,12-13H,5,11H2,1-4H3,(H,29,31). The van der Waals surface area contributed by atoms with Crippen LogP contribution in [0.1, 0.15) is 47.4 Å². The first-order valence-corrected chi connectivity index (χ1v) is 10.7. The van der Waals surface area contributed by atoms with E-state index in [9.17, 15) is 22.8 Å². The maximum atomic E-state index is 13.3. The molecule has 9 heteroatoms. The zero-order valence-corrected chi connectivity index (χ0v) is 19.4. The van der Waals surface area contributed by atoms with Gasteiger partial charge in [0.2, 0.25) is 5.91 Å². The van der Waals surface area contributed by atoms with Crippen LogP contribution in [0.5, 0.6) is 5.75 Å². The number of fused-ring (bicyclic) bond motifs is 1. The van der Waals surface area contributed by atoms with E-state index in [1.807, 2.05) is 13.8 Å². The predicted octanol–water partition coefficient (Wildman–Crippen LogP) is 5.78. The molecule has 1 N–H and O–H groups in total. The topological polar surface area (TPSA) is 60.3 Å². The SMILES string of the molecule is CCC(C)NC(=O)Cc1c(C)n(C(=O)c2ccc(C(F)(F)F)cc2)c2cc(Cl)c(OC)cc12. The van der Waals surface area contributed by atoms with Gasteiger partial charge < -0.3 is 10.1 Å². The Kier molecular flexibility index (Phi) is 7.07. The monoisotopic (exact) mass is 480 g/mol. The Balaban J connectivity index is 2.13. The number of carbonyl (C=O) groups excluding carboxylic acids is 2. The number of hydrogen-bond donors (Lipinski definition) is 1. The second-order valence-corrected chi connectivity index (χ2v) is 8.24. The molecule has 1 aromatic heterocycles. The fraction of sp³-hybridized carbons (Fsp3) is 0.333. The van der Waals surface area contributed by atoms with Gasteiger partial charge in [0.15, 0.2) is 0 Å². The largest absolute Gasteiger partial charge is 0.495 e. The average molecular weight is 481 g/mol. The van der Waals surface area contributed by atoms with Crippen molar-refractivity contribution < 1.29 is 27.5 Å². The minimum Gasteiger partial charge on any atom is -0.495 e. The number of nitrogens with one attached hydrogen (secondary N) is 1. The zero-order valence-electron chi connectivity index (χ0n) is 18.6. The maximum absolute atomic E-state index is 13.3. The number of nitrogens with zero attached hydrogens (tertiary/aromatic N) is 1. The van der Waals surface area contributed by atoms with Crippen molar-refractivity contribution in [3.05, 3.63) is 63.8 Å². The van der Waals surface area contributed by atoms with Gasteiger partial charge in [-0.25, -0.2) is 0 Å². The van der Waals surface area contributed by atoms with Gasteiger partial charge in [-0.2, -0.15) is 13.2 Å². The van der Waals surface area contributed by atoms with E-state index in [0.717, 1.165) is 30.7 Å². The third-order valence-electron chi connectivity index (χ3n) is 5.63. The highest BCUT2D eigenvalue weighted by Gasteiger charge is 2.30. The van der Waals surface area contributed by atoms with Crippen molar-refractivity contribution in [2.75, 3.05) is 7.11 Å². The highest BCUT2D eigenvalue weighted by molar-refractivity contribution is 6.33. The summed E-state index contributed by atoms with van der Waals surface area (Å²) < 4.78 is 45.4. The average Bonchev–Trinajstić information content (AvgIpc) is 3.02. The first-order valence-electron chi connectivity index (χ1n) is 10.4. The molecular weight excluding hydrogens is 457 g/mol. The molecule has 0 fully saturated rings. The molecule has 0 saturated heterocycles. The Morgan fingerprint density at radius 3 is 2.36 bits per heavy atom. The Bertz CT molecular complexity index is 1200. The summed E-state index contributed by atoms with van der Waals surface area (Å²) in [6, 6.07) is 7.21. The third-order valence-corrected chi connectivity index (χ3v) is 5.92. The van der Waals surface area contributed by atoms with E-state index in [1.54, 1.807) is 19.1 Å². The number of ether oxygens (including phenoxy) is 1. The molecule has 3 aromatic rings. The van der Waals surface area contributed by atoms with Crippen LogP contribution in [0.25, 0.3) is 10.9 Å². The van der Waals surface area contributed by atoms with E-state index in [2.05, 4.69) is 5.32 Å². The molecule has 3 rings (SSSR count). The molecule has 0 aliphatic rings. The van der Waals surface area contributed by atoms with Crippen molar-refractivity contribution >= 4 is 34.3 Å². The fourth-order valence-electron chi connectivity index (χ4n) is 3.64. The molecule has 1 atom stereocenters. The molecule has 1 heterocycles. The van der Waals surface area contributed by atoms with E-state index in [1.165, 1.54) is 11.7 Å². The van der Waals surface area contributed by atoms with Crippen molar-refractivity contribution in [2.24, 2.45) is 0 Å². The van der Waals surface area contributed by atoms with Crippen LogP contribution in [0.3, 0.4) is 0 Å². The smallest absolute Gasteiger partial charge is 0.416 e. The molecule has 0 spiro atoms. The number of benzene rings is 2. The summed E-state index contributed by atoms with van der Waals surface area (Å²) in [6.07, 6.45) is -3.72. The van der Waals surface area contributed by atoms with E-state index in [-0.39, 0.29) is 29.0 Å². The van der Waals surface area contributed by atoms with Gasteiger partial charge in [-0.05, 0) is 62.2 Å². The fourth-order valence-corrected chi connectivity index (χ4v) is 3.88. The van der Waals surface area contributed by atoms with Gasteiger partial charge in [-0.15, -0.1) is 0 Å². The lowest BCUT2D eigenvalue weighted by Crippen LogP contribution is -2.33. The molecule has 5 nitrogen and oxygen atoms in total. The molecule has 1 unspecified atom stereocenters. The summed E-state index contributed by atoms with van der Waals surface area (Å²) in [7, 11) is 1.46. The number of aromatic nitrogens is 1. The summed E-state index contributed by atoms with van der Waals surface area (Å²) in [5, 5.41) is 3.77. The molecule has 1 amide bonds. The number of carbonyl (C=O) groups is 2. The maximum Gasteiger partial charge on any atom is 0.416 e. The van der Waals surface area contributed by atoms with E-state index >= 15 is 0 Å². The van der Waals surface area contributed by atoms with Crippen molar-refractivity contribution in [2.45, 2.75) is 45.8 Å². The van der Waals surface area contributed by atoms with Gasteiger partial charge in [-0.1, -0.05) is 18.5 Å². The van der Waals surface area contributed by atoms with Crippen molar-refractivity contribution in [1.29, 1.82) is 0 Å². The van der Waals surface area contributed by atoms with Crippen LogP contribution >= 0.6 is 11.6 Å². The molecule has 2 aromatic carbocycles. The molecular formula is C24H24ClF3N2O3.